The van der Waals surface area contributed by atoms with Crippen molar-refractivity contribution in [2.75, 3.05) is 20.2 Å². The minimum atomic E-state index is -1.37. The predicted molar refractivity (Wildman–Crippen MR) is 67.2 cm³/mol. The summed E-state index contributed by atoms with van der Waals surface area (Å²) in [6.45, 7) is 1.92. The van der Waals surface area contributed by atoms with Crippen LogP contribution in [-0.4, -0.2) is 71.6 Å². The topological polar surface area (TPSA) is 128 Å². The Bertz CT molecular complexity index is 386. The Labute approximate surface area is 115 Å². The maximum Gasteiger partial charge on any atom is 0.407 e. The zero-order chi connectivity index (χ0) is 15.3. The minimum Gasteiger partial charge on any atom is -0.480 e. The van der Waals surface area contributed by atoms with Crippen molar-refractivity contribution >= 4 is 18.1 Å². The van der Waals surface area contributed by atoms with Gasteiger partial charge in [0.1, 0.15) is 0 Å². The Morgan fingerprint density at radius 1 is 1.40 bits per heavy atom. The first-order chi connectivity index (χ1) is 9.35. The van der Waals surface area contributed by atoms with Crippen LogP contribution in [-0.2, 0) is 9.53 Å². The molecule has 1 rings (SSSR count). The number of carbonyl (C=O) groups excluding carboxylic acids is 2. The second-order valence-electron chi connectivity index (χ2n) is 4.57. The number of alkyl carbamates (subject to hydrolysis) is 1. The van der Waals surface area contributed by atoms with Crippen LogP contribution >= 0.6 is 0 Å². The van der Waals surface area contributed by atoms with Gasteiger partial charge in [0.15, 0.2) is 6.04 Å². The van der Waals surface area contributed by atoms with Crippen LogP contribution in [0.25, 0.3) is 0 Å². The summed E-state index contributed by atoms with van der Waals surface area (Å²) in [5.74, 6) is -1.31. The lowest BCUT2D eigenvalue weighted by Crippen LogP contribution is -2.52. The summed E-state index contributed by atoms with van der Waals surface area (Å²) in [5, 5.41) is 23.0. The molecule has 1 aliphatic rings. The molecular weight excluding hydrogens is 270 g/mol. The van der Waals surface area contributed by atoms with Crippen molar-refractivity contribution in [2.45, 2.75) is 31.5 Å². The van der Waals surface area contributed by atoms with E-state index in [4.69, 9.17) is 5.11 Å². The molecule has 1 heterocycles. The van der Waals surface area contributed by atoms with Crippen LogP contribution in [0.4, 0.5) is 9.59 Å². The van der Waals surface area contributed by atoms with E-state index < -0.39 is 30.2 Å². The molecule has 9 nitrogen and oxygen atoms in total. The van der Waals surface area contributed by atoms with E-state index in [-0.39, 0.29) is 12.6 Å². The van der Waals surface area contributed by atoms with E-state index in [1.54, 1.807) is 0 Å². The number of amides is 3. The normalized spacial score (nSPS) is 20.9. The number of carbonyl (C=O) groups is 3. The number of aliphatic carboxylic acids is 1. The molecule has 3 amide bonds. The van der Waals surface area contributed by atoms with E-state index in [0.717, 1.165) is 0 Å². The summed E-state index contributed by atoms with van der Waals surface area (Å²) >= 11 is 0. The molecule has 114 valence electrons. The number of aliphatic hydroxyl groups is 1. The molecule has 0 spiro atoms. The van der Waals surface area contributed by atoms with Crippen LogP contribution in [0.5, 0.6) is 0 Å². The molecule has 1 aliphatic heterocycles. The van der Waals surface area contributed by atoms with E-state index in [2.05, 4.69) is 15.4 Å². The first-order valence-electron chi connectivity index (χ1n) is 6.16. The second-order valence-corrected chi connectivity index (χ2v) is 4.57. The lowest BCUT2D eigenvalue weighted by Gasteiger charge is -2.22. The second kappa shape index (κ2) is 6.94. The Morgan fingerprint density at radius 3 is 2.55 bits per heavy atom. The number of methoxy groups -OCH3 is 1. The van der Waals surface area contributed by atoms with Crippen LogP contribution in [0.3, 0.4) is 0 Å². The van der Waals surface area contributed by atoms with Crippen molar-refractivity contribution in [3.05, 3.63) is 0 Å². The van der Waals surface area contributed by atoms with Crippen LogP contribution in [0.1, 0.15) is 13.3 Å². The average molecular weight is 289 g/mol. The number of aliphatic hydroxyl groups excluding tert-OH is 1. The molecule has 20 heavy (non-hydrogen) atoms. The van der Waals surface area contributed by atoms with Gasteiger partial charge in [-0.25, -0.2) is 14.4 Å². The molecule has 9 heteroatoms. The van der Waals surface area contributed by atoms with Gasteiger partial charge in [0.05, 0.1) is 19.3 Å². The van der Waals surface area contributed by atoms with E-state index in [9.17, 15) is 19.5 Å². The monoisotopic (exact) mass is 289 g/mol. The maximum atomic E-state index is 11.9. The fourth-order valence-corrected chi connectivity index (χ4v) is 1.90. The van der Waals surface area contributed by atoms with Crippen LogP contribution in [0, 0.1) is 0 Å². The number of hydrogen-bond acceptors (Lipinski definition) is 5. The van der Waals surface area contributed by atoms with E-state index in [0.29, 0.717) is 13.0 Å². The van der Waals surface area contributed by atoms with E-state index in [1.807, 2.05) is 0 Å². The summed E-state index contributed by atoms with van der Waals surface area (Å²) < 4.78 is 4.46. The molecule has 0 aromatic carbocycles. The number of nitrogens with one attached hydrogen (secondary N) is 2. The molecule has 0 aromatic heterocycles. The number of carboxylic acid groups (broad SMARTS) is 1. The summed E-state index contributed by atoms with van der Waals surface area (Å²) in [6.07, 6.45) is -1.23. The standard InChI is InChI=1S/C11H19N3O6/c1-6(15)8(9(16)17)13-10(18)14-4-3-7(5-14)12-11(19)20-2/h6-8,15H,3-5H2,1-2H3,(H,12,19)(H,13,18)(H,16,17). The molecule has 0 aromatic rings. The molecule has 0 bridgehead atoms. The largest absolute Gasteiger partial charge is 0.480 e. The summed E-state index contributed by atoms with van der Waals surface area (Å²) in [7, 11) is 1.24. The van der Waals surface area contributed by atoms with Crippen molar-refractivity contribution in [1.29, 1.82) is 0 Å². The summed E-state index contributed by atoms with van der Waals surface area (Å²) in [5.41, 5.74) is 0. The Hall–Kier alpha value is -2.03. The van der Waals surface area contributed by atoms with Gasteiger partial charge in [0, 0.05) is 13.1 Å². The number of likely N-dealkylation sites (tertiary alicyclic amines) is 1. The molecule has 0 radical (unpaired) electrons. The van der Waals surface area contributed by atoms with Crippen molar-refractivity contribution in [2.24, 2.45) is 0 Å². The first kappa shape index (κ1) is 16.0. The highest BCUT2D eigenvalue weighted by Crippen LogP contribution is 2.10. The Balaban J connectivity index is 2.49. The molecular formula is C11H19N3O6. The highest BCUT2D eigenvalue weighted by atomic mass is 16.5. The van der Waals surface area contributed by atoms with Gasteiger partial charge >= 0.3 is 18.1 Å². The van der Waals surface area contributed by atoms with Gasteiger partial charge in [-0.2, -0.15) is 0 Å². The van der Waals surface area contributed by atoms with Gasteiger partial charge in [-0.05, 0) is 13.3 Å². The van der Waals surface area contributed by atoms with Crippen molar-refractivity contribution in [3.63, 3.8) is 0 Å². The lowest BCUT2D eigenvalue weighted by molar-refractivity contribution is -0.141. The van der Waals surface area contributed by atoms with Crippen LogP contribution < -0.4 is 10.6 Å². The molecule has 3 unspecified atom stereocenters. The first-order valence-corrected chi connectivity index (χ1v) is 6.16. The highest BCUT2D eigenvalue weighted by molar-refractivity contribution is 5.83. The third-order valence-corrected chi connectivity index (χ3v) is 3.01. The van der Waals surface area contributed by atoms with Gasteiger partial charge in [-0.15, -0.1) is 0 Å². The van der Waals surface area contributed by atoms with Gasteiger partial charge in [0.2, 0.25) is 0 Å². The van der Waals surface area contributed by atoms with Crippen molar-refractivity contribution in [1.82, 2.24) is 15.5 Å². The third kappa shape index (κ3) is 4.26. The predicted octanol–water partition coefficient (Wildman–Crippen LogP) is -1.04. The van der Waals surface area contributed by atoms with Gasteiger partial charge in [-0.1, -0.05) is 0 Å². The quantitative estimate of drug-likeness (QED) is 0.523. The molecule has 4 N–H and O–H groups in total. The number of ether oxygens (including phenoxy) is 1. The lowest BCUT2D eigenvalue weighted by atomic mass is 10.2. The Morgan fingerprint density at radius 2 is 2.05 bits per heavy atom. The van der Waals surface area contributed by atoms with Gasteiger partial charge < -0.3 is 30.5 Å². The van der Waals surface area contributed by atoms with E-state index >= 15 is 0 Å². The molecule has 0 saturated carbocycles. The number of hydrogen-bond donors (Lipinski definition) is 4. The average Bonchev–Trinajstić information content (AvgIpc) is 2.83. The SMILES string of the molecule is COC(=O)NC1CCN(C(=O)NC(C(=O)O)C(C)O)C1. The number of nitrogens with zero attached hydrogens (tertiary/aromatic N) is 1. The summed E-state index contributed by atoms with van der Waals surface area (Å²) in [4.78, 5) is 35.1. The maximum absolute atomic E-state index is 11.9. The van der Waals surface area contributed by atoms with Gasteiger partial charge in [-0.3, -0.25) is 0 Å². The molecule has 3 atom stereocenters. The minimum absolute atomic E-state index is 0.233. The van der Waals surface area contributed by atoms with E-state index in [1.165, 1.54) is 18.9 Å². The van der Waals surface area contributed by atoms with Gasteiger partial charge in [0.25, 0.3) is 0 Å². The zero-order valence-corrected chi connectivity index (χ0v) is 11.3. The fourth-order valence-electron chi connectivity index (χ4n) is 1.90. The van der Waals surface area contributed by atoms with Crippen molar-refractivity contribution in [3.8, 4) is 0 Å². The number of urea groups is 1. The highest BCUT2D eigenvalue weighted by Gasteiger charge is 2.31. The summed E-state index contributed by atoms with van der Waals surface area (Å²) in [6, 6.07) is -2.19. The fraction of sp³-hybridized carbons (Fsp3) is 0.727. The zero-order valence-electron chi connectivity index (χ0n) is 11.3. The van der Waals surface area contributed by atoms with Crippen LogP contribution in [0.2, 0.25) is 0 Å². The molecule has 1 fully saturated rings. The number of rotatable bonds is 4. The smallest absolute Gasteiger partial charge is 0.407 e. The third-order valence-electron chi connectivity index (χ3n) is 3.01. The Kier molecular flexibility index (Phi) is 5.56. The molecule has 1 saturated heterocycles. The number of carboxylic acids is 1. The van der Waals surface area contributed by atoms with Crippen LogP contribution in [0.15, 0.2) is 0 Å². The molecule has 0 aliphatic carbocycles. The van der Waals surface area contributed by atoms with Crippen molar-refractivity contribution < 1.29 is 29.3 Å².